The van der Waals surface area contributed by atoms with Gasteiger partial charge in [0.15, 0.2) is 11.5 Å². The van der Waals surface area contributed by atoms with Crippen LogP contribution >= 0.6 is 0 Å². The van der Waals surface area contributed by atoms with Crippen molar-refractivity contribution in [2.24, 2.45) is 5.92 Å². The van der Waals surface area contributed by atoms with Crippen LogP contribution in [0.3, 0.4) is 0 Å². The van der Waals surface area contributed by atoms with Crippen molar-refractivity contribution in [3.8, 4) is 11.5 Å². The van der Waals surface area contributed by atoms with Gasteiger partial charge in [-0.25, -0.2) is 0 Å². The van der Waals surface area contributed by atoms with E-state index < -0.39 is 0 Å². The lowest BCUT2D eigenvalue weighted by molar-refractivity contribution is -0.121. The van der Waals surface area contributed by atoms with Crippen LogP contribution in [0.5, 0.6) is 11.5 Å². The summed E-state index contributed by atoms with van der Waals surface area (Å²) in [5, 5.41) is 6.38. The Morgan fingerprint density at radius 1 is 1.30 bits per heavy atom. The molecule has 0 radical (unpaired) electrons. The van der Waals surface area contributed by atoms with Crippen LogP contribution in [-0.4, -0.2) is 38.8 Å². The molecule has 1 aromatic carbocycles. The maximum atomic E-state index is 11.9. The van der Waals surface area contributed by atoms with Crippen LogP contribution < -0.4 is 20.1 Å². The highest BCUT2D eigenvalue weighted by atomic mass is 16.5. The number of hydrogen-bond acceptors (Lipinski definition) is 4. The van der Waals surface area contributed by atoms with Crippen molar-refractivity contribution in [3.05, 3.63) is 24.3 Å². The van der Waals surface area contributed by atoms with E-state index >= 15 is 0 Å². The maximum Gasteiger partial charge on any atom is 0.220 e. The lowest BCUT2D eigenvalue weighted by Gasteiger charge is -2.22. The summed E-state index contributed by atoms with van der Waals surface area (Å²) in [6.07, 6.45) is 3.60. The number of hydrogen-bond donors (Lipinski definition) is 2. The predicted octanol–water partition coefficient (Wildman–Crippen LogP) is 2.36. The fraction of sp³-hybridized carbons (Fsp3) is 0.611. The van der Waals surface area contributed by atoms with Gasteiger partial charge in [-0.15, -0.1) is 0 Å². The molecule has 1 heterocycles. The van der Waals surface area contributed by atoms with Crippen LogP contribution in [0.2, 0.25) is 0 Å². The molecule has 128 valence electrons. The summed E-state index contributed by atoms with van der Waals surface area (Å²) in [4.78, 5) is 11.9. The molecule has 5 nitrogen and oxygen atoms in total. The fourth-order valence-electron chi connectivity index (χ4n) is 2.70. The first-order valence-electron chi connectivity index (χ1n) is 8.61. The molecule has 0 saturated carbocycles. The average Bonchev–Trinajstić information content (AvgIpc) is 2.59. The smallest absolute Gasteiger partial charge is 0.220 e. The van der Waals surface area contributed by atoms with E-state index in [1.54, 1.807) is 0 Å². The normalized spacial score (nSPS) is 17.5. The van der Waals surface area contributed by atoms with Gasteiger partial charge in [0.05, 0.1) is 13.2 Å². The molecule has 1 fully saturated rings. The van der Waals surface area contributed by atoms with E-state index in [2.05, 4.69) is 10.6 Å². The maximum absolute atomic E-state index is 11.9. The first-order valence-corrected chi connectivity index (χ1v) is 8.61. The Labute approximate surface area is 138 Å². The van der Waals surface area contributed by atoms with Crippen molar-refractivity contribution in [1.82, 2.24) is 10.6 Å². The van der Waals surface area contributed by atoms with Gasteiger partial charge in [0, 0.05) is 13.0 Å². The number of benzene rings is 1. The molecule has 0 aromatic heterocycles. The van der Waals surface area contributed by atoms with Crippen LogP contribution in [0.25, 0.3) is 0 Å². The first kappa shape index (κ1) is 17.6. The highest BCUT2D eigenvalue weighted by molar-refractivity contribution is 5.75. The van der Waals surface area contributed by atoms with Crippen LogP contribution in [-0.2, 0) is 4.79 Å². The summed E-state index contributed by atoms with van der Waals surface area (Å²) in [6, 6.07) is 7.62. The molecule has 1 aromatic rings. The van der Waals surface area contributed by atoms with E-state index in [1.165, 1.54) is 12.8 Å². The van der Waals surface area contributed by atoms with Gasteiger partial charge in [-0.3, -0.25) is 4.79 Å². The number of piperidine rings is 1. The standard InChI is InChI=1S/C18H28N2O3/c1-2-22-16-8-3-4-9-17(16)23-12-6-10-18(21)20-14-15-7-5-11-19-13-15/h3-4,8-9,15,19H,2,5-7,10-14H2,1H3,(H,20,21). The van der Waals surface area contributed by atoms with E-state index in [0.29, 0.717) is 32.0 Å². The SMILES string of the molecule is CCOc1ccccc1OCCCC(=O)NCC1CCCNC1. The molecular weight excluding hydrogens is 292 g/mol. The lowest BCUT2D eigenvalue weighted by atomic mass is 10.00. The Balaban J connectivity index is 1.60. The second kappa shape index (κ2) is 10.1. The first-order chi connectivity index (χ1) is 11.3. The second-order valence-corrected chi connectivity index (χ2v) is 5.85. The minimum atomic E-state index is 0.109. The van der Waals surface area contributed by atoms with Gasteiger partial charge in [0.2, 0.25) is 5.91 Å². The van der Waals surface area contributed by atoms with Gasteiger partial charge in [0.25, 0.3) is 0 Å². The molecule has 2 N–H and O–H groups in total. The van der Waals surface area contributed by atoms with Crippen molar-refractivity contribution in [1.29, 1.82) is 0 Å². The third-order valence-corrected chi connectivity index (χ3v) is 3.94. The summed E-state index contributed by atoms with van der Waals surface area (Å²) in [6.45, 7) is 5.97. The van der Waals surface area contributed by atoms with E-state index in [4.69, 9.17) is 9.47 Å². The molecule has 0 aliphatic carbocycles. The number of amides is 1. The van der Waals surface area contributed by atoms with Gasteiger partial charge >= 0.3 is 0 Å². The van der Waals surface area contributed by atoms with Crippen molar-refractivity contribution in [3.63, 3.8) is 0 Å². The second-order valence-electron chi connectivity index (χ2n) is 5.85. The van der Waals surface area contributed by atoms with Gasteiger partial charge in [-0.2, -0.15) is 0 Å². The van der Waals surface area contributed by atoms with Gasteiger partial charge in [-0.1, -0.05) is 12.1 Å². The Morgan fingerprint density at radius 3 is 2.78 bits per heavy atom. The molecule has 5 heteroatoms. The van der Waals surface area contributed by atoms with Crippen molar-refractivity contribution in [2.45, 2.75) is 32.6 Å². The Morgan fingerprint density at radius 2 is 2.09 bits per heavy atom. The molecule has 1 atom stereocenters. The number of carbonyl (C=O) groups excluding carboxylic acids is 1. The van der Waals surface area contributed by atoms with Crippen molar-refractivity contribution < 1.29 is 14.3 Å². The molecule has 1 saturated heterocycles. The molecule has 0 spiro atoms. The summed E-state index contributed by atoms with van der Waals surface area (Å²) in [7, 11) is 0. The molecule has 2 rings (SSSR count). The zero-order chi connectivity index (χ0) is 16.3. The van der Waals surface area contributed by atoms with Crippen LogP contribution in [0.1, 0.15) is 32.6 Å². The molecular formula is C18H28N2O3. The zero-order valence-corrected chi connectivity index (χ0v) is 14.0. The molecule has 1 unspecified atom stereocenters. The van der Waals surface area contributed by atoms with Crippen LogP contribution in [0.4, 0.5) is 0 Å². The average molecular weight is 320 g/mol. The van der Waals surface area contributed by atoms with E-state index in [-0.39, 0.29) is 5.91 Å². The lowest BCUT2D eigenvalue weighted by Crippen LogP contribution is -2.38. The zero-order valence-electron chi connectivity index (χ0n) is 14.0. The fourth-order valence-corrected chi connectivity index (χ4v) is 2.70. The van der Waals surface area contributed by atoms with Gasteiger partial charge in [0.1, 0.15) is 0 Å². The quantitative estimate of drug-likeness (QED) is 0.686. The van der Waals surface area contributed by atoms with Crippen molar-refractivity contribution >= 4 is 5.91 Å². The summed E-state index contributed by atoms with van der Waals surface area (Å²) >= 11 is 0. The number of rotatable bonds is 9. The summed E-state index contributed by atoms with van der Waals surface area (Å²) in [5.74, 6) is 2.17. The number of para-hydroxylation sites is 2. The van der Waals surface area contributed by atoms with E-state index in [0.717, 1.165) is 31.1 Å². The monoisotopic (exact) mass is 320 g/mol. The molecule has 23 heavy (non-hydrogen) atoms. The predicted molar refractivity (Wildman–Crippen MR) is 90.9 cm³/mol. The Kier molecular flexibility index (Phi) is 7.73. The summed E-state index contributed by atoms with van der Waals surface area (Å²) < 4.78 is 11.2. The number of nitrogens with one attached hydrogen (secondary N) is 2. The topological polar surface area (TPSA) is 59.6 Å². The third-order valence-electron chi connectivity index (χ3n) is 3.94. The van der Waals surface area contributed by atoms with Crippen LogP contribution in [0.15, 0.2) is 24.3 Å². The molecule has 1 aliphatic heterocycles. The highest BCUT2D eigenvalue weighted by Gasteiger charge is 2.13. The molecule has 1 aliphatic rings. The minimum absolute atomic E-state index is 0.109. The summed E-state index contributed by atoms with van der Waals surface area (Å²) in [5.41, 5.74) is 0. The largest absolute Gasteiger partial charge is 0.490 e. The van der Waals surface area contributed by atoms with Crippen molar-refractivity contribution in [2.75, 3.05) is 32.8 Å². The van der Waals surface area contributed by atoms with E-state index in [1.807, 2.05) is 31.2 Å². The van der Waals surface area contributed by atoms with Crippen LogP contribution in [0, 0.1) is 5.92 Å². The molecule has 1 amide bonds. The highest BCUT2D eigenvalue weighted by Crippen LogP contribution is 2.26. The number of ether oxygens (including phenoxy) is 2. The minimum Gasteiger partial charge on any atom is -0.490 e. The number of carbonyl (C=O) groups is 1. The molecule has 0 bridgehead atoms. The Bertz CT molecular complexity index is 473. The van der Waals surface area contributed by atoms with E-state index in [9.17, 15) is 4.79 Å². The van der Waals surface area contributed by atoms with Gasteiger partial charge < -0.3 is 20.1 Å². The van der Waals surface area contributed by atoms with Gasteiger partial charge in [-0.05, 0) is 57.3 Å². The third kappa shape index (κ3) is 6.48. The Hall–Kier alpha value is -1.75.